The lowest BCUT2D eigenvalue weighted by Crippen LogP contribution is -2.15. The molecule has 1 amide bonds. The van der Waals surface area contributed by atoms with E-state index >= 15 is 0 Å². The molecule has 0 radical (unpaired) electrons. The van der Waals surface area contributed by atoms with Crippen LogP contribution in [0.4, 0.5) is 5.69 Å². The predicted molar refractivity (Wildman–Crippen MR) is 140 cm³/mol. The smallest absolute Gasteiger partial charge is 0.256 e. The molecule has 0 aliphatic carbocycles. The fraction of sp³-hybridized carbons (Fsp3) is 0.500. The molecule has 33 heavy (non-hydrogen) atoms. The van der Waals surface area contributed by atoms with E-state index < -0.39 is 0 Å². The molecular formula is C28H38N2O2S. The molecule has 5 heteroatoms. The van der Waals surface area contributed by atoms with Crippen LogP contribution in [0.3, 0.4) is 0 Å². The predicted octanol–water partition coefficient (Wildman–Crippen LogP) is 8.54. The molecule has 0 bridgehead atoms. The first-order chi connectivity index (χ1) is 16.0. The Morgan fingerprint density at radius 1 is 0.879 bits per heavy atom. The second-order valence-corrected chi connectivity index (χ2v) is 10.4. The van der Waals surface area contributed by atoms with E-state index in [1.807, 2.05) is 24.3 Å². The third-order valence-corrected chi connectivity index (χ3v) is 6.85. The van der Waals surface area contributed by atoms with Gasteiger partial charge in [0.1, 0.15) is 5.52 Å². The van der Waals surface area contributed by atoms with Gasteiger partial charge in [-0.3, -0.25) is 4.79 Å². The van der Waals surface area contributed by atoms with Gasteiger partial charge in [-0.05, 0) is 47.9 Å². The van der Waals surface area contributed by atoms with Crippen LogP contribution in [0.5, 0.6) is 0 Å². The first kappa shape index (κ1) is 25.4. The van der Waals surface area contributed by atoms with E-state index in [2.05, 4.69) is 56.2 Å². The molecule has 0 aliphatic heterocycles. The van der Waals surface area contributed by atoms with Gasteiger partial charge in [0, 0.05) is 17.9 Å². The number of amides is 1. The minimum Gasteiger partial charge on any atom is -0.431 e. The number of para-hydroxylation sites is 3. The normalized spacial score (nSPS) is 11.6. The number of rotatable bonds is 13. The van der Waals surface area contributed by atoms with Crippen molar-refractivity contribution >= 4 is 34.5 Å². The Kier molecular flexibility index (Phi) is 9.86. The maximum Gasteiger partial charge on any atom is 0.256 e. The van der Waals surface area contributed by atoms with Crippen LogP contribution in [0.15, 0.2) is 52.1 Å². The monoisotopic (exact) mass is 466 g/mol. The van der Waals surface area contributed by atoms with Gasteiger partial charge >= 0.3 is 0 Å². The average molecular weight is 467 g/mol. The van der Waals surface area contributed by atoms with Crippen molar-refractivity contribution < 1.29 is 9.21 Å². The summed E-state index contributed by atoms with van der Waals surface area (Å²) in [6, 6.07) is 14.3. The molecule has 0 atom stereocenters. The van der Waals surface area contributed by atoms with Crippen LogP contribution in [0.1, 0.15) is 95.6 Å². The van der Waals surface area contributed by atoms with Gasteiger partial charge in [0.2, 0.25) is 5.91 Å². The summed E-state index contributed by atoms with van der Waals surface area (Å²) >= 11 is 1.69. The number of benzene rings is 2. The van der Waals surface area contributed by atoms with Gasteiger partial charge in [-0.15, -0.1) is 0 Å². The molecule has 1 heterocycles. The summed E-state index contributed by atoms with van der Waals surface area (Å²) in [5.41, 5.74) is 5.27. The SMILES string of the molecule is CC(C)c1cccc(C(C)C)c1NC(=O)CCCCCCCCSc1nc2ccccc2o1. The third-order valence-electron chi connectivity index (χ3n) is 5.94. The van der Waals surface area contributed by atoms with Crippen LogP contribution in [-0.4, -0.2) is 16.6 Å². The molecule has 0 saturated carbocycles. The molecule has 3 rings (SSSR count). The molecule has 178 valence electrons. The maximum absolute atomic E-state index is 12.6. The first-order valence-electron chi connectivity index (χ1n) is 12.4. The number of nitrogens with zero attached hydrogens (tertiary/aromatic N) is 1. The van der Waals surface area contributed by atoms with Crippen molar-refractivity contribution in [3.8, 4) is 0 Å². The molecule has 3 aromatic rings. The van der Waals surface area contributed by atoms with Crippen molar-refractivity contribution in [1.29, 1.82) is 0 Å². The molecule has 1 aromatic heterocycles. The number of carbonyl (C=O) groups is 1. The van der Waals surface area contributed by atoms with Gasteiger partial charge in [0.05, 0.1) is 0 Å². The lowest BCUT2D eigenvalue weighted by Gasteiger charge is -2.20. The summed E-state index contributed by atoms with van der Waals surface area (Å²) in [7, 11) is 0. The first-order valence-corrected chi connectivity index (χ1v) is 13.3. The number of unbranched alkanes of at least 4 members (excludes halogenated alkanes) is 5. The zero-order valence-corrected chi connectivity index (χ0v) is 21.3. The minimum absolute atomic E-state index is 0.139. The van der Waals surface area contributed by atoms with Crippen LogP contribution in [0.25, 0.3) is 11.1 Å². The van der Waals surface area contributed by atoms with Crippen LogP contribution < -0.4 is 5.32 Å². The Bertz CT molecular complexity index is 966. The number of carbonyl (C=O) groups excluding carboxylic acids is 1. The fourth-order valence-corrected chi connectivity index (χ4v) is 4.90. The Labute approximate surface area is 202 Å². The van der Waals surface area contributed by atoms with Crippen molar-refractivity contribution in [2.75, 3.05) is 11.1 Å². The zero-order chi connectivity index (χ0) is 23.6. The molecule has 0 unspecified atom stereocenters. The quantitative estimate of drug-likeness (QED) is 0.202. The summed E-state index contributed by atoms with van der Waals surface area (Å²) in [6.07, 6.45) is 7.41. The average Bonchev–Trinajstić information content (AvgIpc) is 3.20. The summed E-state index contributed by atoms with van der Waals surface area (Å²) in [4.78, 5) is 17.1. The molecule has 4 nitrogen and oxygen atoms in total. The van der Waals surface area contributed by atoms with Crippen molar-refractivity contribution in [2.45, 2.75) is 89.7 Å². The van der Waals surface area contributed by atoms with Crippen molar-refractivity contribution in [1.82, 2.24) is 4.98 Å². The molecular weight excluding hydrogens is 428 g/mol. The third kappa shape index (κ3) is 7.63. The lowest BCUT2D eigenvalue weighted by atomic mass is 9.92. The van der Waals surface area contributed by atoms with Gasteiger partial charge in [-0.2, -0.15) is 0 Å². The Hall–Kier alpha value is -2.27. The number of hydrogen-bond acceptors (Lipinski definition) is 4. The number of hydrogen-bond donors (Lipinski definition) is 1. The Morgan fingerprint density at radius 3 is 2.18 bits per heavy atom. The molecule has 0 saturated heterocycles. The van der Waals surface area contributed by atoms with E-state index in [-0.39, 0.29) is 5.91 Å². The highest BCUT2D eigenvalue weighted by Crippen LogP contribution is 2.32. The van der Waals surface area contributed by atoms with Crippen LogP contribution >= 0.6 is 11.8 Å². The topological polar surface area (TPSA) is 55.1 Å². The fourth-order valence-electron chi connectivity index (χ4n) is 4.06. The van der Waals surface area contributed by atoms with Gasteiger partial charge in [-0.1, -0.05) is 95.5 Å². The number of nitrogens with one attached hydrogen (secondary N) is 1. The van der Waals surface area contributed by atoms with Crippen molar-refractivity contribution in [3.63, 3.8) is 0 Å². The van der Waals surface area contributed by atoms with Crippen molar-refractivity contribution in [3.05, 3.63) is 53.6 Å². The maximum atomic E-state index is 12.6. The highest BCUT2D eigenvalue weighted by atomic mass is 32.2. The molecule has 2 aromatic carbocycles. The second-order valence-electron chi connectivity index (χ2n) is 9.34. The van der Waals surface area contributed by atoms with Gasteiger partial charge in [0.25, 0.3) is 5.22 Å². The summed E-state index contributed by atoms with van der Waals surface area (Å²) < 4.78 is 5.75. The molecule has 0 aliphatic rings. The van der Waals surface area contributed by atoms with E-state index in [0.29, 0.717) is 18.3 Å². The van der Waals surface area contributed by atoms with Gasteiger partial charge in [0.15, 0.2) is 5.58 Å². The highest BCUT2D eigenvalue weighted by molar-refractivity contribution is 7.99. The van der Waals surface area contributed by atoms with E-state index in [0.717, 1.165) is 47.0 Å². The second kappa shape index (κ2) is 12.8. The standard InChI is InChI=1S/C28H38N2O2S/c1-20(2)22-14-13-15-23(21(3)4)27(22)30-26(31)18-9-7-5-6-8-12-19-33-28-29-24-16-10-11-17-25(24)32-28/h10-11,13-17,20-21H,5-9,12,18-19H2,1-4H3,(H,30,31). The summed E-state index contributed by atoms with van der Waals surface area (Å²) in [6.45, 7) is 8.73. The summed E-state index contributed by atoms with van der Waals surface area (Å²) in [5.74, 6) is 1.95. The Balaban J connectivity index is 1.29. The van der Waals surface area contributed by atoms with Crippen LogP contribution in [-0.2, 0) is 4.79 Å². The van der Waals surface area contributed by atoms with E-state index in [1.54, 1.807) is 11.8 Å². The molecule has 1 N–H and O–H groups in total. The summed E-state index contributed by atoms with van der Waals surface area (Å²) in [5, 5.41) is 3.99. The molecule has 0 spiro atoms. The minimum atomic E-state index is 0.139. The van der Waals surface area contributed by atoms with E-state index in [4.69, 9.17) is 4.42 Å². The largest absolute Gasteiger partial charge is 0.431 e. The lowest BCUT2D eigenvalue weighted by molar-refractivity contribution is -0.116. The molecule has 0 fully saturated rings. The Morgan fingerprint density at radius 2 is 1.52 bits per heavy atom. The van der Waals surface area contributed by atoms with Gasteiger partial charge in [-0.25, -0.2) is 4.98 Å². The number of oxazole rings is 1. The van der Waals surface area contributed by atoms with Crippen LogP contribution in [0, 0.1) is 0 Å². The van der Waals surface area contributed by atoms with E-state index in [1.165, 1.54) is 30.4 Å². The highest BCUT2D eigenvalue weighted by Gasteiger charge is 2.15. The number of anilines is 1. The number of aromatic nitrogens is 1. The van der Waals surface area contributed by atoms with Gasteiger partial charge < -0.3 is 9.73 Å². The van der Waals surface area contributed by atoms with E-state index in [9.17, 15) is 4.79 Å². The zero-order valence-electron chi connectivity index (χ0n) is 20.5. The number of thioether (sulfide) groups is 1. The van der Waals surface area contributed by atoms with Crippen LogP contribution in [0.2, 0.25) is 0 Å². The van der Waals surface area contributed by atoms with Crippen molar-refractivity contribution in [2.24, 2.45) is 0 Å². The number of fused-ring (bicyclic) bond motifs is 1.